The van der Waals surface area contributed by atoms with Crippen molar-refractivity contribution >= 4 is 15.7 Å². The number of benzene rings is 3. The highest BCUT2D eigenvalue weighted by Gasteiger charge is 2.28. The van der Waals surface area contributed by atoms with Crippen molar-refractivity contribution in [1.29, 1.82) is 0 Å². The molecule has 188 valence electrons. The van der Waals surface area contributed by atoms with Gasteiger partial charge in [0, 0.05) is 17.6 Å². The summed E-state index contributed by atoms with van der Waals surface area (Å²) in [6.45, 7) is 2.87. The maximum Gasteiger partial charge on any atom is 0.229 e. The molecule has 4 aromatic rings. The molecule has 5 nitrogen and oxygen atoms in total. The lowest BCUT2D eigenvalue weighted by Crippen LogP contribution is -2.28. The smallest absolute Gasteiger partial charge is 0.229 e. The molecule has 0 saturated heterocycles. The van der Waals surface area contributed by atoms with Crippen molar-refractivity contribution < 1.29 is 13.2 Å². The number of nitrogens with one attached hydrogen (secondary N) is 2. The fourth-order valence-electron chi connectivity index (χ4n) is 4.47. The molecule has 1 heterocycles. The Hall–Kier alpha value is -3.35. The molecule has 0 aliphatic carbocycles. The largest absolute Gasteiger partial charge is 0.368 e. The lowest BCUT2D eigenvalue weighted by atomic mass is 9.80. The Labute approximate surface area is 214 Å². The number of aromatic nitrogens is 1. The Morgan fingerprint density at radius 3 is 2.00 bits per heavy atom. The molecule has 0 fully saturated rings. The van der Waals surface area contributed by atoms with Crippen molar-refractivity contribution in [3.05, 3.63) is 126 Å². The minimum absolute atomic E-state index is 0.115. The Morgan fingerprint density at radius 2 is 1.47 bits per heavy atom. The number of rotatable bonds is 12. The van der Waals surface area contributed by atoms with Gasteiger partial charge in [0.25, 0.3) is 0 Å². The maximum absolute atomic E-state index is 11.5. The van der Waals surface area contributed by atoms with E-state index in [1.165, 1.54) is 5.69 Å². The second-order valence-corrected chi connectivity index (χ2v) is 11.5. The summed E-state index contributed by atoms with van der Waals surface area (Å²) in [5.41, 5.74) is 5.09. The van der Waals surface area contributed by atoms with Gasteiger partial charge in [-0.3, -0.25) is 4.72 Å². The average Bonchev–Trinajstić information content (AvgIpc) is 3.37. The number of H-pyrrole nitrogens is 1. The van der Waals surface area contributed by atoms with E-state index in [0.717, 1.165) is 42.2 Å². The lowest BCUT2D eigenvalue weighted by Gasteiger charge is -2.32. The molecule has 0 bridgehead atoms. The van der Waals surface area contributed by atoms with Crippen LogP contribution >= 0.6 is 0 Å². The molecule has 0 aliphatic rings. The summed E-state index contributed by atoms with van der Waals surface area (Å²) in [6, 6.07) is 32.5. The zero-order chi connectivity index (χ0) is 25.4. The van der Waals surface area contributed by atoms with Crippen LogP contribution < -0.4 is 4.72 Å². The van der Waals surface area contributed by atoms with E-state index in [9.17, 15) is 8.42 Å². The van der Waals surface area contributed by atoms with Gasteiger partial charge in [0.05, 0.1) is 12.9 Å². The third kappa shape index (κ3) is 7.57. The summed E-state index contributed by atoms with van der Waals surface area (Å²) >= 11 is 0. The monoisotopic (exact) mass is 502 g/mol. The highest BCUT2D eigenvalue weighted by Crippen LogP contribution is 2.33. The van der Waals surface area contributed by atoms with Gasteiger partial charge in [0.15, 0.2) is 0 Å². The molecule has 3 aromatic carbocycles. The van der Waals surface area contributed by atoms with Crippen LogP contribution in [-0.2, 0) is 27.6 Å². The van der Waals surface area contributed by atoms with Crippen LogP contribution in [0.15, 0.2) is 103 Å². The van der Waals surface area contributed by atoms with E-state index < -0.39 is 10.0 Å². The molecule has 1 unspecified atom stereocenters. The van der Waals surface area contributed by atoms with Gasteiger partial charge in [-0.2, -0.15) is 0 Å². The molecule has 6 heteroatoms. The van der Waals surface area contributed by atoms with E-state index >= 15 is 0 Å². The molecule has 0 amide bonds. The van der Waals surface area contributed by atoms with E-state index in [0.29, 0.717) is 12.3 Å². The third-order valence-electron chi connectivity index (χ3n) is 6.36. The highest BCUT2D eigenvalue weighted by atomic mass is 32.2. The molecule has 4 rings (SSSR count). The van der Waals surface area contributed by atoms with E-state index in [1.807, 2.05) is 48.7 Å². The van der Waals surface area contributed by atoms with Crippen LogP contribution in [0.2, 0.25) is 0 Å². The summed E-state index contributed by atoms with van der Waals surface area (Å²) in [5, 5.41) is 0. The first-order valence-corrected chi connectivity index (χ1v) is 14.1. The number of hydrogen-bond donors (Lipinski definition) is 2. The van der Waals surface area contributed by atoms with Gasteiger partial charge in [0.2, 0.25) is 10.0 Å². The fourth-order valence-corrected chi connectivity index (χ4v) is 5.04. The molecule has 36 heavy (non-hydrogen) atoms. The van der Waals surface area contributed by atoms with Crippen molar-refractivity contribution in [2.24, 2.45) is 5.41 Å². The van der Waals surface area contributed by atoms with Crippen LogP contribution in [0.5, 0.6) is 0 Å². The quantitative estimate of drug-likeness (QED) is 0.236. The second kappa shape index (κ2) is 11.6. The zero-order valence-corrected chi connectivity index (χ0v) is 21.7. The number of anilines is 1. The second-order valence-electron chi connectivity index (χ2n) is 9.77. The van der Waals surface area contributed by atoms with Crippen molar-refractivity contribution in [1.82, 2.24) is 4.98 Å². The Morgan fingerprint density at radius 1 is 0.861 bits per heavy atom. The molecule has 0 spiro atoms. The van der Waals surface area contributed by atoms with Crippen molar-refractivity contribution in [3.8, 4) is 0 Å². The number of aryl methyl sites for hydroxylation is 1. The van der Waals surface area contributed by atoms with Gasteiger partial charge < -0.3 is 9.72 Å². The molecular weight excluding hydrogens is 468 g/mol. The van der Waals surface area contributed by atoms with Crippen LogP contribution in [0.3, 0.4) is 0 Å². The van der Waals surface area contributed by atoms with Crippen molar-refractivity contribution in [2.75, 3.05) is 17.6 Å². The van der Waals surface area contributed by atoms with Crippen LogP contribution in [0.4, 0.5) is 5.69 Å². The predicted molar refractivity (Wildman–Crippen MR) is 147 cm³/mol. The van der Waals surface area contributed by atoms with Crippen LogP contribution in [-0.4, -0.2) is 26.3 Å². The SMILES string of the molecule is CC(CCc1ccc(NS(C)(=O)=O)cc1)(COC(c1ccccc1)c1ccccc1)Cc1ccc[nH]1. The maximum atomic E-state index is 11.5. The zero-order valence-electron chi connectivity index (χ0n) is 20.9. The lowest BCUT2D eigenvalue weighted by molar-refractivity contribution is 0.0105. The molecule has 0 saturated carbocycles. The normalized spacial score (nSPS) is 13.4. The standard InChI is InChI=1S/C30H34N2O3S/c1-30(22-28-14-9-21-31-28,20-19-24-15-17-27(18-16-24)32-36(2,33)34)23-35-29(25-10-5-3-6-11-25)26-12-7-4-8-13-26/h3-18,21,29,31-32H,19-20,22-23H2,1-2H3. The molecule has 2 N–H and O–H groups in total. The van der Waals surface area contributed by atoms with Crippen molar-refractivity contribution in [3.63, 3.8) is 0 Å². The van der Waals surface area contributed by atoms with E-state index in [4.69, 9.17) is 4.74 Å². The number of sulfonamides is 1. The minimum atomic E-state index is -3.29. The number of ether oxygens (including phenoxy) is 1. The van der Waals surface area contributed by atoms with E-state index in [2.05, 4.69) is 71.2 Å². The van der Waals surface area contributed by atoms with Crippen LogP contribution in [0.25, 0.3) is 0 Å². The Kier molecular flexibility index (Phi) is 8.28. The molecule has 0 aliphatic heterocycles. The summed E-state index contributed by atoms with van der Waals surface area (Å²) < 4.78 is 32.2. The third-order valence-corrected chi connectivity index (χ3v) is 6.96. The fraction of sp³-hybridized carbons (Fsp3) is 0.267. The van der Waals surface area contributed by atoms with Gasteiger partial charge in [-0.15, -0.1) is 0 Å². The van der Waals surface area contributed by atoms with Gasteiger partial charge in [-0.1, -0.05) is 79.7 Å². The number of aromatic amines is 1. The molecule has 1 atom stereocenters. The van der Waals surface area contributed by atoms with Gasteiger partial charge in [-0.25, -0.2) is 8.42 Å². The molecule has 1 aromatic heterocycles. The summed E-state index contributed by atoms with van der Waals surface area (Å²) in [4.78, 5) is 3.35. The van der Waals surface area contributed by atoms with Gasteiger partial charge in [0.1, 0.15) is 6.10 Å². The average molecular weight is 503 g/mol. The van der Waals surface area contributed by atoms with Crippen LogP contribution in [0, 0.1) is 5.41 Å². The van der Waals surface area contributed by atoms with E-state index in [1.54, 1.807) is 0 Å². The first-order valence-electron chi connectivity index (χ1n) is 12.2. The number of hydrogen-bond acceptors (Lipinski definition) is 3. The van der Waals surface area contributed by atoms with Gasteiger partial charge in [-0.05, 0) is 65.6 Å². The molecule has 0 radical (unpaired) electrons. The topological polar surface area (TPSA) is 71.2 Å². The first kappa shape index (κ1) is 25.7. The summed E-state index contributed by atoms with van der Waals surface area (Å²) in [7, 11) is -3.29. The Bertz CT molecular complexity index is 1270. The highest BCUT2D eigenvalue weighted by molar-refractivity contribution is 7.92. The van der Waals surface area contributed by atoms with Crippen LogP contribution in [0.1, 0.15) is 41.8 Å². The van der Waals surface area contributed by atoms with E-state index in [-0.39, 0.29) is 11.5 Å². The van der Waals surface area contributed by atoms with Gasteiger partial charge >= 0.3 is 0 Å². The summed E-state index contributed by atoms with van der Waals surface area (Å²) in [6.07, 6.45) is 5.62. The summed E-state index contributed by atoms with van der Waals surface area (Å²) in [5.74, 6) is 0. The van der Waals surface area contributed by atoms with Crippen molar-refractivity contribution in [2.45, 2.75) is 32.3 Å². The predicted octanol–water partition coefficient (Wildman–Crippen LogP) is 6.37. The Balaban J connectivity index is 1.50. The minimum Gasteiger partial charge on any atom is -0.368 e. The first-order chi connectivity index (χ1) is 17.3. The molecular formula is C30H34N2O3S.